The van der Waals surface area contributed by atoms with Crippen LogP contribution in [0.3, 0.4) is 0 Å². The number of nitrogens with one attached hydrogen (secondary N) is 1. The Labute approximate surface area is 120 Å². The van der Waals surface area contributed by atoms with Crippen LogP contribution < -0.4 is 5.32 Å². The number of ether oxygens (including phenoxy) is 1. The number of hydrogen-bond acceptors (Lipinski definition) is 3. The first-order valence-corrected chi connectivity index (χ1v) is 7.46. The van der Waals surface area contributed by atoms with E-state index in [-0.39, 0.29) is 11.4 Å². The largest absolute Gasteiger partial charge is 0.467 e. The molecule has 1 unspecified atom stereocenters. The van der Waals surface area contributed by atoms with Gasteiger partial charge in [0.1, 0.15) is 5.54 Å². The Morgan fingerprint density at radius 3 is 2.45 bits per heavy atom. The van der Waals surface area contributed by atoms with Crippen molar-refractivity contribution in [1.82, 2.24) is 5.32 Å². The lowest BCUT2D eigenvalue weighted by atomic mass is 9.65. The van der Waals surface area contributed by atoms with Crippen LogP contribution in [-0.2, 0) is 20.5 Å². The first-order valence-electron chi connectivity index (χ1n) is 7.46. The average molecular weight is 273 g/mol. The fourth-order valence-corrected chi connectivity index (χ4v) is 3.39. The van der Waals surface area contributed by atoms with E-state index in [0.29, 0.717) is 6.04 Å². The highest BCUT2D eigenvalue weighted by Gasteiger charge is 2.50. The quantitative estimate of drug-likeness (QED) is 0.861. The summed E-state index contributed by atoms with van der Waals surface area (Å²) in [4.78, 5) is 12.5. The van der Waals surface area contributed by atoms with Gasteiger partial charge in [-0.25, -0.2) is 4.79 Å². The van der Waals surface area contributed by atoms with Crippen molar-refractivity contribution < 1.29 is 9.53 Å². The summed E-state index contributed by atoms with van der Waals surface area (Å²) in [5.41, 5.74) is 1.83. The first-order chi connectivity index (χ1) is 9.49. The minimum Gasteiger partial charge on any atom is -0.467 e. The van der Waals surface area contributed by atoms with E-state index in [1.807, 2.05) is 6.07 Å². The maximum absolute atomic E-state index is 12.5. The molecular formula is C17H23NO2. The zero-order chi connectivity index (χ0) is 14.4. The average Bonchev–Trinajstić information content (AvgIpc) is 3.26. The van der Waals surface area contributed by atoms with Gasteiger partial charge in [-0.3, -0.25) is 5.32 Å². The van der Waals surface area contributed by atoms with Crippen LogP contribution in [0, 0.1) is 0 Å². The van der Waals surface area contributed by atoms with E-state index >= 15 is 0 Å². The third kappa shape index (κ3) is 2.05. The molecule has 0 spiro atoms. The highest BCUT2D eigenvalue weighted by molar-refractivity contribution is 5.84. The molecule has 108 valence electrons. The summed E-state index contributed by atoms with van der Waals surface area (Å²) in [6, 6.07) is 8.78. The van der Waals surface area contributed by atoms with Gasteiger partial charge in [0.15, 0.2) is 0 Å². The summed E-state index contributed by atoms with van der Waals surface area (Å²) in [6.45, 7) is 4.51. The molecular weight excluding hydrogens is 250 g/mol. The molecule has 3 rings (SSSR count). The maximum atomic E-state index is 12.5. The molecule has 2 aliphatic rings. The molecule has 1 fully saturated rings. The second kappa shape index (κ2) is 4.59. The molecule has 1 aromatic carbocycles. The molecule has 0 aromatic heterocycles. The number of methoxy groups -OCH3 is 1. The molecule has 0 heterocycles. The lowest BCUT2D eigenvalue weighted by molar-refractivity contribution is -0.150. The normalized spacial score (nSPS) is 27.8. The maximum Gasteiger partial charge on any atom is 0.330 e. The van der Waals surface area contributed by atoms with E-state index in [0.717, 1.165) is 31.2 Å². The van der Waals surface area contributed by atoms with E-state index < -0.39 is 5.54 Å². The topological polar surface area (TPSA) is 38.3 Å². The third-order valence-corrected chi connectivity index (χ3v) is 4.80. The first kappa shape index (κ1) is 13.6. The van der Waals surface area contributed by atoms with Gasteiger partial charge in [-0.1, -0.05) is 38.1 Å². The van der Waals surface area contributed by atoms with E-state index in [1.54, 1.807) is 0 Å². The summed E-state index contributed by atoms with van der Waals surface area (Å²) in [5, 5.41) is 3.58. The van der Waals surface area contributed by atoms with Crippen LogP contribution in [0.4, 0.5) is 0 Å². The molecule has 1 N–H and O–H groups in total. The van der Waals surface area contributed by atoms with Gasteiger partial charge in [-0.2, -0.15) is 0 Å². The highest BCUT2D eigenvalue weighted by atomic mass is 16.5. The van der Waals surface area contributed by atoms with Crippen molar-refractivity contribution in [2.45, 2.75) is 56.5 Å². The van der Waals surface area contributed by atoms with Crippen molar-refractivity contribution in [2.24, 2.45) is 0 Å². The molecule has 3 heteroatoms. The van der Waals surface area contributed by atoms with Gasteiger partial charge >= 0.3 is 5.97 Å². The van der Waals surface area contributed by atoms with Crippen LogP contribution in [0.1, 0.15) is 50.7 Å². The Bertz CT molecular complexity index is 534. The van der Waals surface area contributed by atoms with Gasteiger partial charge in [-0.05, 0) is 42.2 Å². The minimum atomic E-state index is -0.651. The Morgan fingerprint density at radius 2 is 1.85 bits per heavy atom. The van der Waals surface area contributed by atoms with Crippen molar-refractivity contribution in [3.8, 4) is 0 Å². The van der Waals surface area contributed by atoms with Gasteiger partial charge in [-0.15, -0.1) is 0 Å². The molecule has 1 atom stereocenters. The second-order valence-electron chi connectivity index (χ2n) is 6.74. The van der Waals surface area contributed by atoms with E-state index in [9.17, 15) is 4.79 Å². The molecule has 2 aliphatic carbocycles. The van der Waals surface area contributed by atoms with E-state index in [1.165, 1.54) is 12.7 Å². The van der Waals surface area contributed by atoms with Crippen LogP contribution in [0.25, 0.3) is 0 Å². The highest BCUT2D eigenvalue weighted by Crippen LogP contribution is 2.46. The van der Waals surface area contributed by atoms with Crippen LogP contribution in [0.2, 0.25) is 0 Å². The van der Waals surface area contributed by atoms with Crippen molar-refractivity contribution >= 4 is 5.97 Å². The zero-order valence-electron chi connectivity index (χ0n) is 12.5. The fourth-order valence-electron chi connectivity index (χ4n) is 3.39. The summed E-state index contributed by atoms with van der Waals surface area (Å²) in [5.74, 6) is -0.146. The summed E-state index contributed by atoms with van der Waals surface area (Å²) < 4.78 is 5.15. The van der Waals surface area contributed by atoms with Crippen molar-refractivity contribution in [2.75, 3.05) is 7.11 Å². The van der Waals surface area contributed by atoms with Gasteiger partial charge in [0, 0.05) is 6.04 Å². The standard InChI is InChI=1S/C17H23NO2/c1-16(2)10-11-17(15(19)20-3,18-12-8-9-12)14-7-5-4-6-13(14)16/h4-7,12,18H,8-11H2,1-3H3. The van der Waals surface area contributed by atoms with Crippen LogP contribution in [0.15, 0.2) is 24.3 Å². The Kier molecular flexibility index (Phi) is 3.13. The summed E-state index contributed by atoms with van der Waals surface area (Å²) in [6.07, 6.45) is 4.10. The van der Waals surface area contributed by atoms with E-state index in [4.69, 9.17) is 4.74 Å². The predicted molar refractivity (Wildman–Crippen MR) is 78.6 cm³/mol. The SMILES string of the molecule is COC(=O)C1(NC2CC2)CCC(C)(C)c2ccccc21. The lowest BCUT2D eigenvalue weighted by Gasteiger charge is -2.44. The molecule has 0 saturated heterocycles. The van der Waals surface area contributed by atoms with Crippen molar-refractivity contribution in [3.05, 3.63) is 35.4 Å². The molecule has 1 aromatic rings. The van der Waals surface area contributed by atoms with Crippen LogP contribution in [0.5, 0.6) is 0 Å². The van der Waals surface area contributed by atoms with Gasteiger partial charge in [0.25, 0.3) is 0 Å². The molecule has 0 amide bonds. The molecule has 3 nitrogen and oxygen atoms in total. The Morgan fingerprint density at radius 1 is 1.20 bits per heavy atom. The number of esters is 1. The third-order valence-electron chi connectivity index (χ3n) is 4.80. The van der Waals surface area contributed by atoms with Crippen LogP contribution in [-0.4, -0.2) is 19.1 Å². The predicted octanol–water partition coefficient (Wildman–Crippen LogP) is 2.88. The second-order valence-corrected chi connectivity index (χ2v) is 6.74. The molecule has 1 saturated carbocycles. The van der Waals surface area contributed by atoms with Gasteiger partial charge < -0.3 is 4.74 Å². The molecule has 0 bridgehead atoms. The van der Waals surface area contributed by atoms with Gasteiger partial charge in [0.2, 0.25) is 0 Å². The minimum absolute atomic E-state index is 0.110. The monoisotopic (exact) mass is 273 g/mol. The molecule has 20 heavy (non-hydrogen) atoms. The Hall–Kier alpha value is -1.35. The number of hydrogen-bond donors (Lipinski definition) is 1. The lowest BCUT2D eigenvalue weighted by Crippen LogP contribution is -2.54. The Balaban J connectivity index is 2.12. The number of fused-ring (bicyclic) bond motifs is 1. The molecule has 0 aliphatic heterocycles. The van der Waals surface area contributed by atoms with Crippen molar-refractivity contribution in [3.63, 3.8) is 0 Å². The fraction of sp³-hybridized carbons (Fsp3) is 0.588. The zero-order valence-corrected chi connectivity index (χ0v) is 12.5. The number of carbonyl (C=O) groups is 1. The van der Waals surface area contributed by atoms with Gasteiger partial charge in [0.05, 0.1) is 7.11 Å². The number of benzene rings is 1. The van der Waals surface area contributed by atoms with E-state index in [2.05, 4.69) is 37.4 Å². The number of carbonyl (C=O) groups excluding carboxylic acids is 1. The van der Waals surface area contributed by atoms with Crippen LogP contribution >= 0.6 is 0 Å². The number of rotatable bonds is 3. The molecule has 0 radical (unpaired) electrons. The summed E-state index contributed by atoms with van der Waals surface area (Å²) in [7, 11) is 1.49. The summed E-state index contributed by atoms with van der Waals surface area (Å²) >= 11 is 0. The smallest absolute Gasteiger partial charge is 0.330 e. The van der Waals surface area contributed by atoms with Crippen molar-refractivity contribution in [1.29, 1.82) is 0 Å².